The van der Waals surface area contributed by atoms with E-state index in [2.05, 4.69) is 74.6 Å². The number of nitrogen functional groups attached to an aromatic ring is 1. The van der Waals surface area contributed by atoms with Crippen molar-refractivity contribution >= 4 is 39.1 Å². The zero-order chi connectivity index (χ0) is 24.1. The highest BCUT2D eigenvalue weighted by Crippen LogP contribution is 2.37. The van der Waals surface area contributed by atoms with Crippen LogP contribution in [0.25, 0.3) is 21.8 Å². The number of benzene rings is 2. The lowest BCUT2D eigenvalue weighted by atomic mass is 10.1. The number of para-hydroxylation sites is 1. The number of nitrogens with zero attached hydrogens (tertiary/aromatic N) is 4. The van der Waals surface area contributed by atoms with E-state index in [-0.39, 0.29) is 0 Å². The highest BCUT2D eigenvalue weighted by molar-refractivity contribution is 6.09. The monoisotopic (exact) mass is 475 g/mol. The molecule has 4 atom stereocenters. The third kappa shape index (κ3) is 3.57. The van der Waals surface area contributed by atoms with Gasteiger partial charge in [-0.1, -0.05) is 30.3 Å². The van der Waals surface area contributed by atoms with Crippen molar-refractivity contribution in [2.45, 2.75) is 38.0 Å². The molecule has 2 aromatic carbocycles. The van der Waals surface area contributed by atoms with Gasteiger partial charge in [-0.3, -0.25) is 0 Å². The summed E-state index contributed by atoms with van der Waals surface area (Å²) < 4.78 is 8.40. The fourth-order valence-corrected chi connectivity index (χ4v) is 5.34. The maximum Gasteiger partial charge on any atom is 0.162 e. The second-order valence-electron chi connectivity index (χ2n) is 9.15. The van der Waals surface area contributed by atoms with E-state index in [0.29, 0.717) is 37.1 Å². The number of ether oxygens (including phenoxy) is 1. The Balaban J connectivity index is 1.13. The summed E-state index contributed by atoms with van der Waals surface area (Å²) in [6.07, 6.45) is -2.02. The minimum Gasteiger partial charge on any atom is -0.387 e. The van der Waals surface area contributed by atoms with Crippen LogP contribution in [0.5, 0.6) is 0 Å². The lowest BCUT2D eigenvalue weighted by molar-refractivity contribution is 0.00848. The largest absolute Gasteiger partial charge is 0.387 e. The van der Waals surface area contributed by atoms with Crippen LogP contribution < -0.4 is 21.3 Å². The van der Waals surface area contributed by atoms with Crippen LogP contribution in [0.15, 0.2) is 48.8 Å². The third-order valence-corrected chi connectivity index (χ3v) is 7.06. The summed E-state index contributed by atoms with van der Waals surface area (Å²) in [4.78, 5) is 10.0. The second kappa shape index (κ2) is 8.65. The Morgan fingerprint density at radius 2 is 1.94 bits per heavy atom. The minimum atomic E-state index is -1.08. The Morgan fingerprint density at radius 3 is 2.83 bits per heavy atom. The molecule has 35 heavy (non-hydrogen) atoms. The van der Waals surface area contributed by atoms with Crippen LogP contribution in [-0.4, -0.2) is 69.0 Å². The second-order valence-corrected chi connectivity index (χ2v) is 9.15. The number of aryl methyl sites for hydroxylation is 1. The van der Waals surface area contributed by atoms with Gasteiger partial charge in [-0.25, -0.2) is 9.97 Å². The summed E-state index contributed by atoms with van der Waals surface area (Å²) in [5.41, 5.74) is 10.2. The molecule has 182 valence electrons. The van der Waals surface area contributed by atoms with E-state index >= 15 is 0 Å². The Labute approximate surface area is 202 Å². The van der Waals surface area contributed by atoms with Crippen LogP contribution in [0.2, 0.25) is 0 Å². The summed E-state index contributed by atoms with van der Waals surface area (Å²) in [7, 11) is 0. The molecule has 2 aliphatic rings. The Hall–Kier alpha value is -3.44. The first kappa shape index (κ1) is 22.1. The maximum atomic E-state index is 10.7. The Bertz CT molecular complexity index is 1390. The molecular formula is C25H29N7O3. The van der Waals surface area contributed by atoms with Crippen molar-refractivity contribution in [2.24, 2.45) is 0 Å². The van der Waals surface area contributed by atoms with Gasteiger partial charge in [0, 0.05) is 41.4 Å². The first-order valence-corrected chi connectivity index (χ1v) is 11.8. The van der Waals surface area contributed by atoms with Crippen LogP contribution in [0.3, 0.4) is 0 Å². The fourth-order valence-electron chi connectivity index (χ4n) is 5.34. The number of nitrogens with one attached hydrogen (secondary N) is 2. The molecule has 4 aromatic rings. The summed E-state index contributed by atoms with van der Waals surface area (Å²) in [5.74, 6) is 0.896. The third-order valence-electron chi connectivity index (χ3n) is 7.06. The molecular weight excluding hydrogens is 446 g/mol. The fraction of sp³-hybridized carbons (Fsp3) is 0.360. The predicted molar refractivity (Wildman–Crippen MR) is 135 cm³/mol. The molecule has 4 heterocycles. The molecule has 10 nitrogen and oxygen atoms in total. The Kier molecular flexibility index (Phi) is 5.45. The van der Waals surface area contributed by atoms with Crippen LogP contribution in [0.1, 0.15) is 5.56 Å². The van der Waals surface area contributed by atoms with Crippen LogP contribution >= 0.6 is 0 Å². The summed E-state index contributed by atoms with van der Waals surface area (Å²) in [5, 5.41) is 30.4. The molecule has 10 heteroatoms. The van der Waals surface area contributed by atoms with E-state index in [1.807, 2.05) is 0 Å². The van der Waals surface area contributed by atoms with Gasteiger partial charge in [0.05, 0.1) is 6.67 Å². The van der Waals surface area contributed by atoms with Crippen molar-refractivity contribution in [1.29, 1.82) is 0 Å². The lowest BCUT2D eigenvalue weighted by Gasteiger charge is -2.26. The zero-order valence-corrected chi connectivity index (χ0v) is 19.4. The minimum absolute atomic E-state index is 0.337. The molecule has 1 saturated heterocycles. The van der Waals surface area contributed by atoms with Gasteiger partial charge < -0.3 is 40.8 Å². The smallest absolute Gasteiger partial charge is 0.162 e. The lowest BCUT2D eigenvalue weighted by Crippen LogP contribution is -2.44. The number of aliphatic hydroxyl groups is 2. The maximum absolute atomic E-state index is 10.7. The number of hydrogen-bond donors (Lipinski definition) is 5. The van der Waals surface area contributed by atoms with Crippen molar-refractivity contribution in [1.82, 2.24) is 19.9 Å². The van der Waals surface area contributed by atoms with Crippen molar-refractivity contribution in [2.75, 3.05) is 35.7 Å². The van der Waals surface area contributed by atoms with E-state index in [9.17, 15) is 10.2 Å². The van der Waals surface area contributed by atoms with Gasteiger partial charge in [-0.05, 0) is 24.6 Å². The van der Waals surface area contributed by atoms with E-state index in [1.165, 1.54) is 33.7 Å². The van der Waals surface area contributed by atoms with Gasteiger partial charge in [0.2, 0.25) is 0 Å². The number of rotatable bonds is 6. The van der Waals surface area contributed by atoms with E-state index in [1.54, 1.807) is 4.90 Å². The summed E-state index contributed by atoms with van der Waals surface area (Å²) in [6.45, 7) is 4.37. The van der Waals surface area contributed by atoms with Gasteiger partial charge in [-0.15, -0.1) is 0 Å². The van der Waals surface area contributed by atoms with Crippen molar-refractivity contribution < 1.29 is 14.9 Å². The van der Waals surface area contributed by atoms with Gasteiger partial charge in [0.25, 0.3) is 0 Å². The molecule has 0 amide bonds. The quantitative estimate of drug-likeness (QED) is 0.262. The highest BCUT2D eigenvalue weighted by atomic mass is 16.6. The standard InChI is InChI=1S/C25H29N7O3/c1-14-5-4-8-17-19(14)15-6-2-3-7-16(15)31(17)10-9-27-11-18-21(33)22(34)25(35-18)32-13-30-20-23(26)28-12-29-24(20)32/h2-8,12,18,21-22,25,27,30,33-34H,9-11,13H2,1H3,(H2,26,28,29). The molecule has 0 saturated carbocycles. The van der Waals surface area contributed by atoms with Gasteiger partial charge >= 0.3 is 0 Å². The van der Waals surface area contributed by atoms with Gasteiger partial charge in [0.15, 0.2) is 17.9 Å². The molecule has 4 unspecified atom stereocenters. The van der Waals surface area contributed by atoms with Crippen molar-refractivity contribution in [3.8, 4) is 0 Å². The number of aromatic nitrogens is 3. The van der Waals surface area contributed by atoms with Crippen LogP contribution in [-0.2, 0) is 11.3 Å². The van der Waals surface area contributed by atoms with Crippen molar-refractivity contribution in [3.63, 3.8) is 0 Å². The summed E-state index contributed by atoms with van der Waals surface area (Å²) >= 11 is 0. The number of aliphatic hydroxyl groups excluding tert-OH is 2. The first-order valence-electron chi connectivity index (χ1n) is 11.8. The zero-order valence-electron chi connectivity index (χ0n) is 19.4. The van der Waals surface area contributed by atoms with E-state index in [0.717, 1.165) is 6.54 Å². The topological polar surface area (TPSA) is 134 Å². The molecule has 0 aliphatic carbocycles. The molecule has 0 spiro atoms. The van der Waals surface area contributed by atoms with E-state index < -0.39 is 24.5 Å². The predicted octanol–water partition coefficient (Wildman–Crippen LogP) is 1.40. The SMILES string of the molecule is Cc1cccc2c1c1ccccc1n2CCNCC1OC(N2CNc3c(N)ncnc32)C(O)C1O. The molecule has 0 bridgehead atoms. The van der Waals surface area contributed by atoms with E-state index in [4.69, 9.17) is 10.5 Å². The van der Waals surface area contributed by atoms with Crippen LogP contribution in [0, 0.1) is 6.92 Å². The molecule has 6 N–H and O–H groups in total. The van der Waals surface area contributed by atoms with Crippen molar-refractivity contribution in [3.05, 3.63) is 54.4 Å². The number of hydrogen-bond acceptors (Lipinski definition) is 9. The van der Waals surface area contributed by atoms with Gasteiger partial charge in [0.1, 0.15) is 30.3 Å². The van der Waals surface area contributed by atoms with Crippen LogP contribution in [0.4, 0.5) is 17.3 Å². The Morgan fingerprint density at radius 1 is 1.11 bits per heavy atom. The molecule has 0 radical (unpaired) electrons. The molecule has 2 aliphatic heterocycles. The molecule has 1 fully saturated rings. The normalized spacial score (nSPS) is 23.8. The number of nitrogens with two attached hydrogens (primary N) is 1. The number of anilines is 3. The average Bonchev–Trinajstić information content (AvgIpc) is 3.51. The molecule has 2 aromatic heterocycles. The van der Waals surface area contributed by atoms with Gasteiger partial charge in [-0.2, -0.15) is 0 Å². The summed E-state index contributed by atoms with van der Waals surface area (Å²) in [6, 6.07) is 14.9. The molecule has 6 rings (SSSR count). The first-order chi connectivity index (χ1) is 17.0. The highest BCUT2D eigenvalue weighted by Gasteiger charge is 2.47. The number of fused-ring (bicyclic) bond motifs is 4. The average molecular weight is 476 g/mol.